The highest BCUT2D eigenvalue weighted by molar-refractivity contribution is 5.84. The van der Waals surface area contributed by atoms with Gasteiger partial charge in [0.25, 0.3) is 0 Å². The molecule has 5 heteroatoms. The van der Waals surface area contributed by atoms with E-state index in [1.165, 1.54) is 17.2 Å². The van der Waals surface area contributed by atoms with Crippen molar-refractivity contribution in [1.29, 1.82) is 5.26 Å². The van der Waals surface area contributed by atoms with Crippen molar-refractivity contribution in [2.24, 2.45) is 0 Å². The first-order valence-corrected chi connectivity index (χ1v) is 7.44. The molecule has 2 aromatic rings. The molecule has 1 aromatic heterocycles. The van der Waals surface area contributed by atoms with Gasteiger partial charge >= 0.3 is 5.97 Å². The van der Waals surface area contributed by atoms with Crippen LogP contribution in [0.1, 0.15) is 46.2 Å². The normalized spacial score (nSPS) is 11.7. The molecule has 0 amide bonds. The summed E-state index contributed by atoms with van der Waals surface area (Å²) in [4.78, 5) is 10.8. The average Bonchev–Trinajstić information content (AvgIpc) is 3.01. The van der Waals surface area contributed by atoms with E-state index in [0.717, 1.165) is 5.75 Å². The van der Waals surface area contributed by atoms with Crippen LogP contribution in [0.15, 0.2) is 34.7 Å². The largest absolute Gasteiger partial charge is 0.494 e. The van der Waals surface area contributed by atoms with Crippen LogP contribution >= 0.6 is 0 Å². The number of rotatable bonds is 7. The van der Waals surface area contributed by atoms with Gasteiger partial charge in [-0.2, -0.15) is 5.26 Å². The summed E-state index contributed by atoms with van der Waals surface area (Å²) < 4.78 is 10.9. The number of carboxylic acid groups (broad SMARTS) is 1. The molecule has 0 aliphatic rings. The van der Waals surface area contributed by atoms with E-state index < -0.39 is 11.9 Å². The van der Waals surface area contributed by atoms with Crippen LogP contribution in [0.25, 0.3) is 0 Å². The Morgan fingerprint density at radius 1 is 1.30 bits per heavy atom. The molecular weight excluding hydrogens is 294 g/mol. The van der Waals surface area contributed by atoms with Crippen molar-refractivity contribution in [3.05, 3.63) is 53.0 Å². The highest BCUT2D eigenvalue weighted by atomic mass is 16.5. The molecule has 1 N–H and O–H groups in total. The summed E-state index contributed by atoms with van der Waals surface area (Å²) in [5.74, 6) is -0.548. The molecule has 0 bridgehead atoms. The first-order valence-electron chi connectivity index (χ1n) is 7.44. The molecule has 1 atom stereocenters. The summed E-state index contributed by atoms with van der Waals surface area (Å²) in [5, 5.41) is 18.1. The predicted molar refractivity (Wildman–Crippen MR) is 84.7 cm³/mol. The smallest absolute Gasteiger partial charge is 0.371 e. The van der Waals surface area contributed by atoms with Gasteiger partial charge in [0, 0.05) is 0 Å². The summed E-state index contributed by atoms with van der Waals surface area (Å²) in [5.41, 5.74) is 2.39. The molecule has 1 heterocycles. The molecule has 0 saturated heterocycles. The van der Waals surface area contributed by atoms with Crippen molar-refractivity contribution < 1.29 is 19.1 Å². The Kier molecular flexibility index (Phi) is 5.42. The number of benzene rings is 1. The molecule has 0 spiro atoms. The Labute approximate surface area is 135 Å². The first-order chi connectivity index (χ1) is 11.0. The molecule has 0 saturated carbocycles. The number of aryl methyl sites for hydroxylation is 2. The zero-order chi connectivity index (χ0) is 16.8. The quantitative estimate of drug-likeness (QED) is 0.779. The maximum absolute atomic E-state index is 10.8. The van der Waals surface area contributed by atoms with Gasteiger partial charge in [0.2, 0.25) is 5.76 Å². The molecule has 23 heavy (non-hydrogen) atoms. The minimum Gasteiger partial charge on any atom is -0.494 e. The van der Waals surface area contributed by atoms with Gasteiger partial charge in [-0.3, -0.25) is 0 Å². The van der Waals surface area contributed by atoms with E-state index in [1.807, 2.05) is 32.0 Å². The minimum absolute atomic E-state index is 0.147. The van der Waals surface area contributed by atoms with Gasteiger partial charge in [0.1, 0.15) is 17.4 Å². The Morgan fingerprint density at radius 3 is 2.70 bits per heavy atom. The Bertz CT molecular complexity index is 727. The van der Waals surface area contributed by atoms with E-state index in [9.17, 15) is 10.1 Å². The van der Waals surface area contributed by atoms with Crippen LogP contribution in [-0.2, 0) is 0 Å². The van der Waals surface area contributed by atoms with Crippen LogP contribution in [0.2, 0.25) is 0 Å². The molecule has 120 valence electrons. The molecule has 1 aromatic carbocycles. The lowest BCUT2D eigenvalue weighted by Gasteiger charge is -2.09. The van der Waals surface area contributed by atoms with Gasteiger partial charge in [-0.25, -0.2) is 4.79 Å². The van der Waals surface area contributed by atoms with Crippen molar-refractivity contribution in [3.8, 4) is 11.8 Å². The average molecular weight is 313 g/mol. The van der Waals surface area contributed by atoms with E-state index in [-0.39, 0.29) is 5.76 Å². The predicted octanol–water partition coefficient (Wildman–Crippen LogP) is 4.06. The number of hydrogen-bond acceptors (Lipinski definition) is 4. The zero-order valence-corrected chi connectivity index (χ0v) is 13.2. The number of aromatic carboxylic acids is 1. The number of nitrogens with zero attached hydrogens (tertiary/aromatic N) is 1. The SMILES string of the molecule is Cc1ccc(OCCCC(C#N)c2ccc(C(=O)O)o2)cc1C. The third-order valence-electron chi connectivity index (χ3n) is 3.72. The second kappa shape index (κ2) is 7.50. The second-order valence-electron chi connectivity index (χ2n) is 5.43. The number of ether oxygens (including phenoxy) is 1. The van der Waals surface area contributed by atoms with Gasteiger partial charge < -0.3 is 14.3 Å². The maximum Gasteiger partial charge on any atom is 0.371 e. The third-order valence-corrected chi connectivity index (χ3v) is 3.72. The van der Waals surface area contributed by atoms with Crippen molar-refractivity contribution in [3.63, 3.8) is 0 Å². The molecule has 5 nitrogen and oxygen atoms in total. The molecule has 0 radical (unpaired) electrons. The summed E-state index contributed by atoms with van der Waals surface area (Å²) in [6, 6.07) is 11.0. The lowest BCUT2D eigenvalue weighted by Crippen LogP contribution is -2.02. The molecule has 2 rings (SSSR count). The van der Waals surface area contributed by atoms with E-state index in [4.69, 9.17) is 14.3 Å². The summed E-state index contributed by atoms with van der Waals surface area (Å²) in [7, 11) is 0. The molecule has 0 fully saturated rings. The highest BCUT2D eigenvalue weighted by Gasteiger charge is 2.17. The van der Waals surface area contributed by atoms with Gasteiger partial charge in [-0.15, -0.1) is 0 Å². The van der Waals surface area contributed by atoms with Crippen LogP contribution in [-0.4, -0.2) is 17.7 Å². The number of carbonyl (C=O) groups is 1. The van der Waals surface area contributed by atoms with Crippen molar-refractivity contribution in [2.75, 3.05) is 6.61 Å². The number of nitriles is 1. The minimum atomic E-state index is -1.13. The van der Waals surface area contributed by atoms with E-state index >= 15 is 0 Å². The standard InChI is InChI=1S/C18H19NO4/c1-12-5-6-15(10-13(12)2)22-9-3-4-14(11-19)16-7-8-17(23-16)18(20)21/h5-8,10,14H,3-4,9H2,1-2H3,(H,20,21). The van der Waals surface area contributed by atoms with E-state index in [2.05, 4.69) is 6.07 Å². The van der Waals surface area contributed by atoms with Crippen LogP contribution < -0.4 is 4.74 Å². The fourth-order valence-electron chi connectivity index (χ4n) is 2.21. The Balaban J connectivity index is 1.85. The summed E-state index contributed by atoms with van der Waals surface area (Å²) in [6.07, 6.45) is 1.22. The maximum atomic E-state index is 10.8. The fraction of sp³-hybridized carbons (Fsp3) is 0.333. The lowest BCUT2D eigenvalue weighted by atomic mass is 10.0. The Morgan fingerprint density at radius 2 is 2.09 bits per heavy atom. The zero-order valence-electron chi connectivity index (χ0n) is 13.2. The number of carboxylic acids is 1. The van der Waals surface area contributed by atoms with E-state index in [1.54, 1.807) is 6.07 Å². The van der Waals surface area contributed by atoms with Gasteiger partial charge in [-0.05, 0) is 62.1 Å². The second-order valence-corrected chi connectivity index (χ2v) is 5.43. The molecular formula is C18H19NO4. The van der Waals surface area contributed by atoms with Crippen LogP contribution in [0.4, 0.5) is 0 Å². The number of furan rings is 1. The summed E-state index contributed by atoms with van der Waals surface area (Å²) >= 11 is 0. The van der Waals surface area contributed by atoms with Crippen LogP contribution in [0.5, 0.6) is 5.75 Å². The fourth-order valence-corrected chi connectivity index (χ4v) is 2.21. The third kappa shape index (κ3) is 4.36. The van der Waals surface area contributed by atoms with Gasteiger partial charge in [-0.1, -0.05) is 6.07 Å². The highest BCUT2D eigenvalue weighted by Crippen LogP contribution is 2.23. The van der Waals surface area contributed by atoms with Crippen molar-refractivity contribution in [1.82, 2.24) is 0 Å². The number of hydrogen-bond donors (Lipinski definition) is 1. The van der Waals surface area contributed by atoms with E-state index in [0.29, 0.717) is 25.2 Å². The molecule has 1 unspecified atom stereocenters. The lowest BCUT2D eigenvalue weighted by molar-refractivity contribution is 0.0660. The molecule has 0 aliphatic heterocycles. The Hall–Kier alpha value is -2.74. The van der Waals surface area contributed by atoms with Gasteiger partial charge in [0.05, 0.1) is 12.7 Å². The summed E-state index contributed by atoms with van der Waals surface area (Å²) in [6.45, 7) is 4.57. The first kappa shape index (κ1) is 16.6. The van der Waals surface area contributed by atoms with Crippen molar-refractivity contribution in [2.45, 2.75) is 32.6 Å². The van der Waals surface area contributed by atoms with Crippen molar-refractivity contribution >= 4 is 5.97 Å². The van der Waals surface area contributed by atoms with Crippen LogP contribution in [0, 0.1) is 25.2 Å². The topological polar surface area (TPSA) is 83.5 Å². The molecule has 0 aliphatic carbocycles. The van der Waals surface area contributed by atoms with Gasteiger partial charge in [0.15, 0.2) is 0 Å². The monoisotopic (exact) mass is 313 g/mol. The van der Waals surface area contributed by atoms with Crippen LogP contribution in [0.3, 0.4) is 0 Å².